The van der Waals surface area contributed by atoms with Gasteiger partial charge < -0.3 is 9.53 Å². The molecule has 0 amide bonds. The first-order valence-corrected chi connectivity index (χ1v) is 11.1. The van der Waals surface area contributed by atoms with Crippen LogP contribution in [0.2, 0.25) is 0 Å². The van der Waals surface area contributed by atoms with Crippen molar-refractivity contribution in [2.75, 3.05) is 0 Å². The van der Waals surface area contributed by atoms with Crippen LogP contribution < -0.4 is 4.74 Å². The molecule has 0 spiro atoms. The van der Waals surface area contributed by atoms with Crippen LogP contribution in [0.3, 0.4) is 0 Å². The Morgan fingerprint density at radius 3 is 1.79 bits per heavy atom. The van der Waals surface area contributed by atoms with E-state index >= 15 is 0 Å². The second kappa shape index (κ2) is 7.76. The van der Waals surface area contributed by atoms with Crippen LogP contribution in [0.1, 0.15) is 25.0 Å². The van der Waals surface area contributed by atoms with Gasteiger partial charge in [0.05, 0.1) is 21.7 Å². The fourth-order valence-electron chi connectivity index (χ4n) is 5.83. The molecule has 0 saturated heterocycles. The third kappa shape index (κ3) is 2.88. The van der Waals surface area contributed by atoms with Crippen LogP contribution >= 0.6 is 0 Å². The minimum Gasteiger partial charge on any atom is -0.488 e. The molecule has 0 heterocycles. The Morgan fingerprint density at radius 2 is 1.32 bits per heavy atom. The highest BCUT2D eigenvalue weighted by Gasteiger charge is 2.73. The summed E-state index contributed by atoms with van der Waals surface area (Å²) in [6.07, 6.45) is 0.0656. The first-order chi connectivity index (χ1) is 16.3. The summed E-state index contributed by atoms with van der Waals surface area (Å²) < 4.78 is 6.31. The first-order valence-electron chi connectivity index (χ1n) is 11.1. The molecule has 5 rings (SSSR count). The molecule has 3 aromatic rings. The molecular weight excluding hydrogens is 430 g/mol. The number of carbonyl (C=O) groups excluding carboxylic acids is 2. The van der Waals surface area contributed by atoms with E-state index in [4.69, 9.17) is 4.74 Å². The lowest BCUT2D eigenvalue weighted by atomic mass is 9.66. The van der Waals surface area contributed by atoms with Crippen molar-refractivity contribution in [1.82, 2.24) is 0 Å². The predicted molar refractivity (Wildman–Crippen MR) is 128 cm³/mol. The smallest absolute Gasteiger partial charge is 0.269 e. The summed E-state index contributed by atoms with van der Waals surface area (Å²) in [4.78, 5) is 37.2. The van der Waals surface area contributed by atoms with Gasteiger partial charge in [-0.2, -0.15) is 0 Å². The summed E-state index contributed by atoms with van der Waals surface area (Å²) in [6, 6.07) is 25.1. The van der Waals surface area contributed by atoms with Gasteiger partial charge >= 0.3 is 0 Å². The van der Waals surface area contributed by atoms with E-state index in [0.29, 0.717) is 5.75 Å². The molecule has 0 aromatic heterocycles. The summed E-state index contributed by atoms with van der Waals surface area (Å²) in [5.74, 6) is -0.397. The molecule has 1 saturated carbocycles. The monoisotopic (exact) mass is 453 g/mol. The second-order valence-electron chi connectivity index (χ2n) is 9.17. The number of non-ortho nitro benzene ring substituents is 1. The molecule has 2 aliphatic rings. The molecule has 6 heteroatoms. The average Bonchev–Trinajstić information content (AvgIpc) is 3.14. The Balaban J connectivity index is 1.71. The largest absolute Gasteiger partial charge is 0.488 e. The fourth-order valence-corrected chi connectivity index (χ4v) is 5.83. The number of hydrogen-bond donors (Lipinski definition) is 0. The number of nitrogens with zero attached hydrogens (tertiary/aromatic N) is 1. The summed E-state index contributed by atoms with van der Waals surface area (Å²) in [5.41, 5.74) is 1.30. The topological polar surface area (TPSA) is 86.5 Å². The molecule has 3 aromatic carbocycles. The van der Waals surface area contributed by atoms with E-state index in [9.17, 15) is 19.7 Å². The molecule has 0 aliphatic heterocycles. The summed E-state index contributed by atoms with van der Waals surface area (Å²) >= 11 is 0. The van der Waals surface area contributed by atoms with Crippen LogP contribution in [0.5, 0.6) is 5.75 Å². The number of fused-ring (bicyclic) bond motifs is 2. The SMILES string of the molecule is CC12C(=O)C(C)(C(c3ccccc3)=C1c1ccccc1)C(Oc1ccc([N+](=O)[O-])cc1)C2C=O. The maximum atomic E-state index is 14.1. The third-order valence-corrected chi connectivity index (χ3v) is 7.38. The predicted octanol–water partition coefficient (Wildman–Crippen LogP) is 5.38. The number of aldehydes is 1. The highest BCUT2D eigenvalue weighted by atomic mass is 16.6. The summed E-state index contributed by atoms with van der Waals surface area (Å²) in [6.45, 7) is 3.69. The number of rotatable bonds is 6. The Bertz CT molecular complexity index is 1320. The number of nitro groups is 1. The van der Waals surface area contributed by atoms with E-state index in [1.54, 1.807) is 0 Å². The zero-order chi connectivity index (χ0) is 24.1. The Kier molecular flexibility index (Phi) is 4.97. The first kappa shape index (κ1) is 21.8. The molecule has 2 aliphatic carbocycles. The lowest BCUT2D eigenvalue weighted by Crippen LogP contribution is -2.43. The van der Waals surface area contributed by atoms with Gasteiger partial charge in [0.1, 0.15) is 18.1 Å². The van der Waals surface area contributed by atoms with Gasteiger partial charge in [-0.1, -0.05) is 60.7 Å². The van der Waals surface area contributed by atoms with Crippen molar-refractivity contribution >= 4 is 28.9 Å². The van der Waals surface area contributed by atoms with Crippen molar-refractivity contribution in [2.24, 2.45) is 16.7 Å². The van der Waals surface area contributed by atoms with Crippen LogP contribution in [0.15, 0.2) is 84.9 Å². The highest BCUT2D eigenvalue weighted by molar-refractivity contribution is 6.24. The van der Waals surface area contributed by atoms with E-state index < -0.39 is 27.8 Å². The quantitative estimate of drug-likeness (QED) is 0.284. The molecule has 1 fully saturated rings. The van der Waals surface area contributed by atoms with Gasteiger partial charge in [-0.25, -0.2) is 0 Å². The summed E-state index contributed by atoms with van der Waals surface area (Å²) in [5, 5.41) is 11.0. The van der Waals surface area contributed by atoms with Gasteiger partial charge in [-0.05, 0) is 48.3 Å². The third-order valence-electron chi connectivity index (χ3n) is 7.38. The van der Waals surface area contributed by atoms with Gasteiger partial charge in [0.25, 0.3) is 5.69 Å². The number of hydrogen-bond acceptors (Lipinski definition) is 5. The van der Waals surface area contributed by atoms with Crippen LogP contribution in [0.25, 0.3) is 11.1 Å². The van der Waals surface area contributed by atoms with E-state index in [2.05, 4.69) is 0 Å². The van der Waals surface area contributed by atoms with Crippen LogP contribution in [0.4, 0.5) is 5.69 Å². The zero-order valence-corrected chi connectivity index (χ0v) is 18.8. The molecule has 4 atom stereocenters. The standard InChI is InChI=1S/C28H23NO5/c1-27-22(17-30)25(34-21-15-13-20(14-16-21)29(32)33)28(2,26(27)31)24(19-11-7-4-8-12-19)23(27)18-9-5-3-6-10-18/h3-17,22,25H,1-2H3. The van der Waals surface area contributed by atoms with Crippen molar-refractivity contribution in [3.8, 4) is 5.75 Å². The minimum atomic E-state index is -1.09. The normalized spacial score (nSPS) is 27.6. The number of ketones is 1. The number of nitro benzene ring substituents is 1. The van der Waals surface area contributed by atoms with Crippen molar-refractivity contribution < 1.29 is 19.2 Å². The van der Waals surface area contributed by atoms with Crippen molar-refractivity contribution in [2.45, 2.75) is 20.0 Å². The fraction of sp³-hybridized carbons (Fsp3) is 0.214. The zero-order valence-electron chi connectivity index (χ0n) is 18.8. The van der Waals surface area contributed by atoms with E-state index in [1.165, 1.54) is 24.3 Å². The number of carbonyl (C=O) groups is 2. The van der Waals surface area contributed by atoms with Crippen molar-refractivity contribution in [3.05, 3.63) is 106 Å². The Hall–Kier alpha value is -4.06. The minimum absolute atomic E-state index is 0.0540. The highest BCUT2D eigenvalue weighted by Crippen LogP contribution is 2.69. The summed E-state index contributed by atoms with van der Waals surface area (Å²) in [7, 11) is 0. The van der Waals surface area contributed by atoms with E-state index in [-0.39, 0.29) is 11.5 Å². The second-order valence-corrected chi connectivity index (χ2v) is 9.17. The number of Topliss-reactive ketones (excluding diaryl/α,β-unsaturated/α-hetero) is 1. The Morgan fingerprint density at radius 1 is 0.824 bits per heavy atom. The maximum absolute atomic E-state index is 14.1. The molecule has 2 bridgehead atoms. The van der Waals surface area contributed by atoms with Gasteiger partial charge in [0.2, 0.25) is 0 Å². The van der Waals surface area contributed by atoms with Crippen molar-refractivity contribution in [3.63, 3.8) is 0 Å². The number of benzene rings is 3. The van der Waals surface area contributed by atoms with Gasteiger partial charge in [-0.3, -0.25) is 14.9 Å². The van der Waals surface area contributed by atoms with Crippen molar-refractivity contribution in [1.29, 1.82) is 0 Å². The molecule has 34 heavy (non-hydrogen) atoms. The molecular formula is C28H23NO5. The lowest BCUT2D eigenvalue weighted by Gasteiger charge is -2.39. The van der Waals surface area contributed by atoms with Crippen LogP contribution in [0, 0.1) is 26.9 Å². The van der Waals surface area contributed by atoms with Crippen LogP contribution in [-0.2, 0) is 9.59 Å². The van der Waals surface area contributed by atoms with E-state index in [0.717, 1.165) is 28.6 Å². The average molecular weight is 453 g/mol. The molecule has 170 valence electrons. The molecule has 4 unspecified atom stereocenters. The van der Waals surface area contributed by atoms with Crippen LogP contribution in [-0.4, -0.2) is 23.1 Å². The molecule has 6 nitrogen and oxygen atoms in total. The molecule has 0 radical (unpaired) electrons. The Labute approximate surface area is 197 Å². The molecule has 0 N–H and O–H groups in total. The van der Waals surface area contributed by atoms with Gasteiger partial charge in [0, 0.05) is 12.1 Å². The number of allylic oxidation sites excluding steroid dienone is 1. The lowest BCUT2D eigenvalue weighted by molar-refractivity contribution is -0.384. The van der Waals surface area contributed by atoms with E-state index in [1.807, 2.05) is 74.5 Å². The van der Waals surface area contributed by atoms with Gasteiger partial charge in [-0.15, -0.1) is 0 Å². The maximum Gasteiger partial charge on any atom is 0.269 e. The van der Waals surface area contributed by atoms with Gasteiger partial charge in [0.15, 0.2) is 5.78 Å². The number of ether oxygens (including phenoxy) is 1.